The second-order valence-electron chi connectivity index (χ2n) is 5.99. The zero-order chi connectivity index (χ0) is 19.6. The van der Waals surface area contributed by atoms with Crippen molar-refractivity contribution in [1.29, 1.82) is 0 Å². The van der Waals surface area contributed by atoms with Gasteiger partial charge in [0.15, 0.2) is 5.82 Å². The highest BCUT2D eigenvalue weighted by molar-refractivity contribution is 14.1. The van der Waals surface area contributed by atoms with Crippen LogP contribution < -0.4 is 10.1 Å². The van der Waals surface area contributed by atoms with Gasteiger partial charge < -0.3 is 14.7 Å². The van der Waals surface area contributed by atoms with Crippen LogP contribution in [0.1, 0.15) is 0 Å². The molecule has 0 radical (unpaired) electrons. The Hall–Kier alpha value is -2.75. The summed E-state index contributed by atoms with van der Waals surface area (Å²) in [6.45, 7) is 0. The molecular formula is C19H19IN4O3. The molecule has 0 aliphatic carbocycles. The van der Waals surface area contributed by atoms with Crippen molar-refractivity contribution in [2.24, 2.45) is 0 Å². The van der Waals surface area contributed by atoms with E-state index in [4.69, 9.17) is 4.74 Å². The number of ether oxygens (including phenoxy) is 1. The third kappa shape index (κ3) is 4.00. The van der Waals surface area contributed by atoms with Gasteiger partial charge in [0.2, 0.25) is 0 Å². The fraction of sp³-hybridized carbons (Fsp3) is 0.158. The first-order valence-corrected chi connectivity index (χ1v) is 9.19. The zero-order valence-corrected chi connectivity index (χ0v) is 17.3. The van der Waals surface area contributed by atoms with Crippen LogP contribution in [0.3, 0.4) is 0 Å². The Kier molecular flexibility index (Phi) is 5.54. The first-order chi connectivity index (χ1) is 12.9. The quantitative estimate of drug-likeness (QED) is 0.557. The van der Waals surface area contributed by atoms with Crippen molar-refractivity contribution < 1.29 is 14.6 Å². The largest absolute Gasteiger partial charge is 0.508 e. The number of amides is 2. The Morgan fingerprint density at radius 1 is 1.15 bits per heavy atom. The molecule has 0 saturated heterocycles. The van der Waals surface area contributed by atoms with E-state index >= 15 is 0 Å². The number of aromatic nitrogens is 2. The molecule has 1 aromatic heterocycles. The van der Waals surface area contributed by atoms with Crippen molar-refractivity contribution in [2.75, 3.05) is 26.5 Å². The molecule has 3 aromatic rings. The predicted octanol–water partition coefficient (Wildman–Crippen LogP) is 3.95. The number of hydrogen-bond donors (Lipinski definition) is 2. The van der Waals surface area contributed by atoms with Gasteiger partial charge in [-0.2, -0.15) is 0 Å². The molecule has 0 atom stereocenters. The maximum Gasteiger partial charge on any atom is 0.322 e. The lowest BCUT2D eigenvalue weighted by atomic mass is 10.1. The number of nitrogens with zero attached hydrogens (tertiary/aromatic N) is 3. The highest BCUT2D eigenvalue weighted by Gasteiger charge is 2.20. The number of halogens is 1. The number of phenols is 1. The summed E-state index contributed by atoms with van der Waals surface area (Å²) in [4.78, 5) is 13.5. The van der Waals surface area contributed by atoms with Gasteiger partial charge in [0.25, 0.3) is 0 Å². The minimum Gasteiger partial charge on any atom is -0.508 e. The van der Waals surface area contributed by atoms with Crippen LogP contribution in [0.5, 0.6) is 11.5 Å². The summed E-state index contributed by atoms with van der Waals surface area (Å²) in [6, 6.07) is 14.1. The van der Waals surface area contributed by atoms with Crippen LogP contribution in [0, 0.1) is 3.57 Å². The van der Waals surface area contributed by atoms with Crippen LogP contribution in [0.15, 0.2) is 48.5 Å². The number of anilines is 1. The molecular weight excluding hydrogens is 459 g/mol. The SMILES string of the molecule is COc1ccc(-n2nc(NC(=O)N(C)C)c(I)c2-c2ccc(O)cc2)cc1. The predicted molar refractivity (Wildman–Crippen MR) is 113 cm³/mol. The minimum atomic E-state index is -0.260. The van der Waals surface area contributed by atoms with Crippen LogP contribution in [0.25, 0.3) is 16.9 Å². The number of nitrogens with one attached hydrogen (secondary N) is 1. The normalized spacial score (nSPS) is 10.5. The number of carbonyl (C=O) groups excluding carboxylic acids is 1. The van der Waals surface area contributed by atoms with Crippen molar-refractivity contribution in [3.05, 3.63) is 52.1 Å². The van der Waals surface area contributed by atoms with Gasteiger partial charge in [-0.05, 0) is 71.1 Å². The van der Waals surface area contributed by atoms with Gasteiger partial charge in [-0.15, -0.1) is 5.10 Å². The van der Waals surface area contributed by atoms with Crippen molar-refractivity contribution in [3.63, 3.8) is 0 Å². The van der Waals surface area contributed by atoms with Crippen LogP contribution >= 0.6 is 22.6 Å². The second kappa shape index (κ2) is 7.87. The lowest BCUT2D eigenvalue weighted by molar-refractivity contribution is 0.230. The van der Waals surface area contributed by atoms with Crippen LogP contribution in [0.4, 0.5) is 10.6 Å². The summed E-state index contributed by atoms with van der Waals surface area (Å²) >= 11 is 2.17. The van der Waals surface area contributed by atoms with Gasteiger partial charge in [-0.1, -0.05) is 0 Å². The molecule has 2 amide bonds. The Labute approximate surface area is 170 Å². The zero-order valence-electron chi connectivity index (χ0n) is 15.1. The van der Waals surface area contributed by atoms with Gasteiger partial charge in [0.05, 0.1) is 22.1 Å². The van der Waals surface area contributed by atoms with Crippen molar-refractivity contribution in [3.8, 4) is 28.4 Å². The number of carbonyl (C=O) groups is 1. The van der Waals surface area contributed by atoms with E-state index in [1.54, 1.807) is 38.0 Å². The lowest BCUT2D eigenvalue weighted by Gasteiger charge is -2.10. The van der Waals surface area contributed by atoms with E-state index in [0.29, 0.717) is 5.82 Å². The monoisotopic (exact) mass is 478 g/mol. The number of rotatable bonds is 4. The van der Waals surface area contributed by atoms with Crippen LogP contribution in [0.2, 0.25) is 0 Å². The van der Waals surface area contributed by atoms with E-state index in [1.165, 1.54) is 4.90 Å². The molecule has 7 nitrogen and oxygen atoms in total. The first-order valence-electron chi connectivity index (χ1n) is 8.11. The molecule has 3 rings (SSSR count). The number of urea groups is 1. The van der Waals surface area contributed by atoms with E-state index in [-0.39, 0.29) is 11.8 Å². The maximum atomic E-state index is 12.1. The molecule has 1 heterocycles. The van der Waals surface area contributed by atoms with Gasteiger partial charge >= 0.3 is 6.03 Å². The molecule has 0 saturated carbocycles. The van der Waals surface area contributed by atoms with E-state index in [1.807, 2.05) is 36.4 Å². The van der Waals surface area contributed by atoms with E-state index in [0.717, 1.165) is 26.3 Å². The summed E-state index contributed by atoms with van der Waals surface area (Å²) in [5, 5.41) is 17.0. The summed E-state index contributed by atoms with van der Waals surface area (Å²) in [6.07, 6.45) is 0. The number of methoxy groups -OCH3 is 1. The average Bonchev–Trinajstić information content (AvgIpc) is 2.99. The first kappa shape index (κ1) is 19.0. The molecule has 0 spiro atoms. The molecule has 0 fully saturated rings. The second-order valence-corrected chi connectivity index (χ2v) is 7.07. The molecule has 8 heteroatoms. The number of benzene rings is 2. The molecule has 2 aromatic carbocycles. The Bertz CT molecular complexity index is 950. The third-order valence-electron chi connectivity index (χ3n) is 3.92. The van der Waals surface area contributed by atoms with Crippen LogP contribution in [-0.4, -0.2) is 47.0 Å². The minimum absolute atomic E-state index is 0.186. The molecule has 140 valence electrons. The molecule has 0 aliphatic heterocycles. The van der Waals surface area contributed by atoms with Crippen molar-refractivity contribution in [2.45, 2.75) is 0 Å². The van der Waals surface area contributed by atoms with Crippen LogP contribution in [-0.2, 0) is 0 Å². The summed E-state index contributed by atoms with van der Waals surface area (Å²) < 4.78 is 7.78. The van der Waals surface area contributed by atoms with Gasteiger partial charge in [0.1, 0.15) is 11.5 Å². The van der Waals surface area contributed by atoms with E-state index in [9.17, 15) is 9.90 Å². The highest BCUT2D eigenvalue weighted by Crippen LogP contribution is 2.34. The summed E-state index contributed by atoms with van der Waals surface area (Å²) in [7, 11) is 4.95. The molecule has 27 heavy (non-hydrogen) atoms. The lowest BCUT2D eigenvalue weighted by Crippen LogP contribution is -2.27. The maximum absolute atomic E-state index is 12.1. The standard InChI is InChI=1S/C19H19IN4O3/c1-23(2)19(26)21-18-16(20)17(12-4-8-14(25)9-5-12)24(22-18)13-6-10-15(27-3)11-7-13/h4-11,25H,1-3H3,(H,21,22,26). The molecule has 0 bridgehead atoms. The Morgan fingerprint density at radius 3 is 2.33 bits per heavy atom. The fourth-order valence-corrected chi connectivity index (χ4v) is 3.25. The molecule has 0 aliphatic rings. The average molecular weight is 478 g/mol. The topological polar surface area (TPSA) is 79.6 Å². The highest BCUT2D eigenvalue weighted by atomic mass is 127. The number of hydrogen-bond acceptors (Lipinski definition) is 4. The summed E-state index contributed by atoms with van der Waals surface area (Å²) in [5.74, 6) is 1.39. The smallest absolute Gasteiger partial charge is 0.322 e. The van der Waals surface area contributed by atoms with Gasteiger partial charge in [0, 0.05) is 19.7 Å². The number of aromatic hydroxyl groups is 1. The van der Waals surface area contributed by atoms with Gasteiger partial charge in [-0.3, -0.25) is 5.32 Å². The third-order valence-corrected chi connectivity index (χ3v) is 4.94. The van der Waals surface area contributed by atoms with Gasteiger partial charge in [-0.25, -0.2) is 9.48 Å². The fourth-order valence-electron chi connectivity index (χ4n) is 2.47. The molecule has 0 unspecified atom stereocenters. The Balaban J connectivity index is 2.14. The van der Waals surface area contributed by atoms with E-state index < -0.39 is 0 Å². The van der Waals surface area contributed by atoms with E-state index in [2.05, 4.69) is 33.0 Å². The number of phenolic OH excluding ortho intramolecular Hbond substituents is 1. The molecule has 2 N–H and O–H groups in total. The van der Waals surface area contributed by atoms with Crippen molar-refractivity contribution >= 4 is 34.4 Å². The Morgan fingerprint density at radius 2 is 1.78 bits per heavy atom. The van der Waals surface area contributed by atoms with Crippen molar-refractivity contribution in [1.82, 2.24) is 14.7 Å². The summed E-state index contributed by atoms with van der Waals surface area (Å²) in [5.41, 5.74) is 2.50.